The SMILES string of the molecule is COC(=O)N1CCOC(Cc2c(-c3cc(F)c(Br)cc3Cl)nc3cc(Cl)ccn23)C1. The van der Waals surface area contributed by atoms with Crippen molar-refractivity contribution >= 4 is 50.9 Å². The van der Waals surface area contributed by atoms with Gasteiger partial charge >= 0.3 is 6.09 Å². The van der Waals surface area contributed by atoms with Crippen LogP contribution in [0.1, 0.15) is 5.69 Å². The molecule has 1 aliphatic rings. The van der Waals surface area contributed by atoms with Crippen LogP contribution in [-0.2, 0) is 15.9 Å². The van der Waals surface area contributed by atoms with Gasteiger partial charge in [0.2, 0.25) is 0 Å². The zero-order valence-electron chi connectivity index (χ0n) is 15.9. The standard InChI is InChI=1S/C20H17BrCl2FN3O3/c1-29-20(28)26-4-5-30-12(10-26)7-17-19(13-8-16(24)14(21)9-15(13)23)25-18-6-11(22)2-3-27(17)18/h2-3,6,8-9,12H,4-5,7,10H2,1H3. The van der Waals surface area contributed by atoms with E-state index in [1.54, 1.807) is 23.2 Å². The van der Waals surface area contributed by atoms with E-state index >= 15 is 0 Å². The summed E-state index contributed by atoms with van der Waals surface area (Å²) in [5.41, 5.74) is 2.38. The van der Waals surface area contributed by atoms with Gasteiger partial charge in [-0.3, -0.25) is 0 Å². The van der Waals surface area contributed by atoms with Crippen LogP contribution in [0.4, 0.5) is 9.18 Å². The number of aromatic nitrogens is 2. The van der Waals surface area contributed by atoms with Crippen LogP contribution in [0, 0.1) is 5.82 Å². The van der Waals surface area contributed by atoms with Crippen molar-refractivity contribution in [3.63, 3.8) is 0 Å². The average molecular weight is 517 g/mol. The molecule has 0 bridgehead atoms. The molecule has 0 radical (unpaired) electrons. The molecule has 4 rings (SSSR count). The van der Waals surface area contributed by atoms with Gasteiger partial charge in [-0.05, 0) is 34.1 Å². The van der Waals surface area contributed by atoms with E-state index in [2.05, 4.69) is 20.9 Å². The minimum atomic E-state index is -0.443. The third-order valence-corrected chi connectivity index (χ3v) is 6.10. The highest BCUT2D eigenvalue weighted by Gasteiger charge is 2.28. The maximum Gasteiger partial charge on any atom is 0.409 e. The number of fused-ring (bicyclic) bond motifs is 1. The number of nitrogens with zero attached hydrogens (tertiary/aromatic N) is 3. The predicted molar refractivity (Wildman–Crippen MR) is 116 cm³/mol. The first-order chi connectivity index (χ1) is 14.4. The molecule has 0 N–H and O–H groups in total. The van der Waals surface area contributed by atoms with Gasteiger partial charge in [-0.25, -0.2) is 14.2 Å². The largest absolute Gasteiger partial charge is 0.453 e. The Bertz CT molecular complexity index is 1120. The van der Waals surface area contributed by atoms with Crippen LogP contribution < -0.4 is 0 Å². The number of hydrogen-bond acceptors (Lipinski definition) is 4. The van der Waals surface area contributed by atoms with Gasteiger partial charge in [-0.1, -0.05) is 23.2 Å². The highest BCUT2D eigenvalue weighted by Crippen LogP contribution is 2.35. The number of imidazole rings is 1. The van der Waals surface area contributed by atoms with Gasteiger partial charge in [-0.2, -0.15) is 0 Å². The first-order valence-corrected chi connectivity index (χ1v) is 10.7. The number of carbonyl (C=O) groups is 1. The number of carbonyl (C=O) groups excluding carboxylic acids is 1. The molecule has 1 fully saturated rings. The van der Waals surface area contributed by atoms with E-state index < -0.39 is 11.9 Å². The van der Waals surface area contributed by atoms with E-state index in [1.807, 2.05) is 4.40 Å². The molecule has 0 saturated carbocycles. The van der Waals surface area contributed by atoms with Gasteiger partial charge in [0.15, 0.2) is 0 Å². The highest BCUT2D eigenvalue weighted by atomic mass is 79.9. The Morgan fingerprint density at radius 2 is 2.20 bits per heavy atom. The second kappa shape index (κ2) is 8.70. The Labute approximate surface area is 190 Å². The van der Waals surface area contributed by atoms with E-state index in [-0.39, 0.29) is 10.6 Å². The quantitative estimate of drug-likeness (QED) is 0.448. The summed E-state index contributed by atoms with van der Waals surface area (Å²) >= 11 is 15.7. The maximum absolute atomic E-state index is 14.3. The number of halogens is 4. The van der Waals surface area contributed by atoms with E-state index in [0.717, 1.165) is 5.69 Å². The van der Waals surface area contributed by atoms with Gasteiger partial charge in [-0.15, -0.1) is 0 Å². The van der Waals surface area contributed by atoms with E-state index in [1.165, 1.54) is 19.2 Å². The molecule has 1 saturated heterocycles. The molecule has 2 aromatic heterocycles. The zero-order chi connectivity index (χ0) is 21.4. The number of morpholine rings is 1. The Kier molecular flexibility index (Phi) is 6.20. The van der Waals surface area contributed by atoms with Crippen LogP contribution in [0.5, 0.6) is 0 Å². The third-order valence-electron chi connectivity index (χ3n) is 4.94. The van der Waals surface area contributed by atoms with Crippen LogP contribution >= 0.6 is 39.1 Å². The lowest BCUT2D eigenvalue weighted by Crippen LogP contribution is -2.46. The molecule has 0 spiro atoms. The van der Waals surface area contributed by atoms with Gasteiger partial charge in [0.1, 0.15) is 11.5 Å². The number of methoxy groups -OCH3 is 1. The fourth-order valence-electron chi connectivity index (χ4n) is 3.54. The van der Waals surface area contributed by atoms with Crippen molar-refractivity contribution in [1.29, 1.82) is 0 Å². The van der Waals surface area contributed by atoms with Crippen LogP contribution in [-0.4, -0.2) is 53.3 Å². The van der Waals surface area contributed by atoms with E-state index in [4.69, 9.17) is 32.7 Å². The number of rotatable bonds is 3. The van der Waals surface area contributed by atoms with Crippen LogP contribution in [0.3, 0.4) is 0 Å². The molecular formula is C20H17BrCl2FN3O3. The molecule has 0 aliphatic carbocycles. The first kappa shape index (κ1) is 21.4. The van der Waals surface area contributed by atoms with Gasteiger partial charge in [0, 0.05) is 35.8 Å². The normalized spacial score (nSPS) is 16.8. The smallest absolute Gasteiger partial charge is 0.409 e. The van der Waals surface area contributed by atoms with Crippen molar-refractivity contribution in [1.82, 2.24) is 14.3 Å². The molecule has 1 amide bonds. The summed E-state index contributed by atoms with van der Waals surface area (Å²) in [6.45, 7) is 1.23. The van der Waals surface area contributed by atoms with Gasteiger partial charge in [0.05, 0.1) is 47.2 Å². The summed E-state index contributed by atoms with van der Waals surface area (Å²) in [5.74, 6) is -0.443. The van der Waals surface area contributed by atoms with Crippen molar-refractivity contribution in [2.24, 2.45) is 0 Å². The molecule has 6 nitrogen and oxygen atoms in total. The lowest BCUT2D eigenvalue weighted by Gasteiger charge is -2.32. The first-order valence-electron chi connectivity index (χ1n) is 9.13. The fraction of sp³-hybridized carbons (Fsp3) is 0.300. The summed E-state index contributed by atoms with van der Waals surface area (Å²) in [6, 6.07) is 6.32. The highest BCUT2D eigenvalue weighted by molar-refractivity contribution is 9.10. The lowest BCUT2D eigenvalue weighted by atomic mass is 10.0. The second-order valence-corrected chi connectivity index (χ2v) is 8.54. The van der Waals surface area contributed by atoms with Crippen LogP contribution in [0.25, 0.3) is 16.9 Å². The monoisotopic (exact) mass is 515 g/mol. The van der Waals surface area contributed by atoms with Crippen LogP contribution in [0.15, 0.2) is 34.9 Å². The lowest BCUT2D eigenvalue weighted by molar-refractivity contribution is -0.0241. The Morgan fingerprint density at radius 1 is 1.40 bits per heavy atom. The van der Waals surface area contributed by atoms with Crippen molar-refractivity contribution in [3.05, 3.63) is 56.5 Å². The number of benzene rings is 1. The molecule has 1 atom stereocenters. The van der Waals surface area contributed by atoms with Gasteiger partial charge in [0.25, 0.3) is 0 Å². The third kappa shape index (κ3) is 4.14. The molecule has 1 aliphatic heterocycles. The van der Waals surface area contributed by atoms with Gasteiger partial charge < -0.3 is 18.8 Å². The Balaban J connectivity index is 1.78. The summed E-state index contributed by atoms with van der Waals surface area (Å²) < 4.78 is 27.1. The zero-order valence-corrected chi connectivity index (χ0v) is 19.0. The summed E-state index contributed by atoms with van der Waals surface area (Å²) in [6.07, 6.45) is 1.55. The summed E-state index contributed by atoms with van der Waals surface area (Å²) in [4.78, 5) is 18.2. The number of hydrogen-bond donors (Lipinski definition) is 0. The van der Waals surface area contributed by atoms with Crippen molar-refractivity contribution in [3.8, 4) is 11.3 Å². The molecule has 3 heterocycles. The number of amides is 1. The van der Waals surface area contributed by atoms with Crippen molar-refractivity contribution < 1.29 is 18.7 Å². The molecule has 10 heteroatoms. The molecule has 3 aromatic rings. The minimum Gasteiger partial charge on any atom is -0.453 e. The van der Waals surface area contributed by atoms with Crippen LogP contribution in [0.2, 0.25) is 10.0 Å². The number of ether oxygens (including phenoxy) is 2. The fourth-order valence-corrected chi connectivity index (χ4v) is 4.42. The van der Waals surface area contributed by atoms with E-state index in [9.17, 15) is 9.18 Å². The topological polar surface area (TPSA) is 56.1 Å². The van der Waals surface area contributed by atoms with E-state index in [0.29, 0.717) is 53.1 Å². The molecule has 1 aromatic carbocycles. The molecule has 158 valence electrons. The number of pyridine rings is 1. The average Bonchev–Trinajstić information content (AvgIpc) is 3.07. The maximum atomic E-state index is 14.3. The summed E-state index contributed by atoms with van der Waals surface area (Å²) in [5, 5.41) is 0.893. The predicted octanol–water partition coefficient (Wildman–Crippen LogP) is 5.22. The van der Waals surface area contributed by atoms with Crippen molar-refractivity contribution in [2.45, 2.75) is 12.5 Å². The molecule has 30 heavy (non-hydrogen) atoms. The van der Waals surface area contributed by atoms with Crippen molar-refractivity contribution in [2.75, 3.05) is 26.8 Å². The Hall–Kier alpha value is -1.87. The molecular weight excluding hydrogens is 500 g/mol. The minimum absolute atomic E-state index is 0.272. The Morgan fingerprint density at radius 3 is 2.97 bits per heavy atom. The summed E-state index contributed by atoms with van der Waals surface area (Å²) in [7, 11) is 1.35. The second-order valence-electron chi connectivity index (χ2n) is 6.84. The molecule has 1 unspecified atom stereocenters.